The monoisotopic (exact) mass is 287 g/mol. The van der Waals surface area contributed by atoms with E-state index in [1.54, 1.807) is 19.1 Å². The fourth-order valence-electron chi connectivity index (χ4n) is 1.58. The van der Waals surface area contributed by atoms with Crippen molar-refractivity contribution in [1.29, 1.82) is 0 Å². The number of carbonyl (C=O) groups excluding carboxylic acids is 1. The van der Waals surface area contributed by atoms with Crippen LogP contribution in [-0.4, -0.2) is 28.6 Å². The molecule has 2 aromatic rings. The average molecular weight is 287 g/mol. The van der Waals surface area contributed by atoms with E-state index in [4.69, 9.17) is 9.47 Å². The van der Waals surface area contributed by atoms with Crippen LogP contribution in [0, 0.1) is 0 Å². The molecule has 6 nitrogen and oxygen atoms in total. The van der Waals surface area contributed by atoms with Crippen molar-refractivity contribution < 1.29 is 14.3 Å². The van der Waals surface area contributed by atoms with Gasteiger partial charge >= 0.3 is 6.01 Å². The first-order valence-electron chi connectivity index (χ1n) is 6.66. The van der Waals surface area contributed by atoms with Gasteiger partial charge in [-0.15, -0.1) is 0 Å². The summed E-state index contributed by atoms with van der Waals surface area (Å²) in [5.41, 5.74) is 0.493. The number of carbonyl (C=O) groups is 1. The van der Waals surface area contributed by atoms with Crippen molar-refractivity contribution in [2.75, 3.05) is 11.9 Å². The Kier molecular flexibility index (Phi) is 5.09. The van der Waals surface area contributed by atoms with Crippen LogP contribution in [-0.2, 0) is 4.79 Å². The summed E-state index contributed by atoms with van der Waals surface area (Å²) in [5.74, 6) is 0.370. The van der Waals surface area contributed by atoms with Gasteiger partial charge in [0.15, 0.2) is 6.10 Å². The summed E-state index contributed by atoms with van der Waals surface area (Å²) in [6, 6.07) is 9.45. The molecule has 1 amide bonds. The van der Waals surface area contributed by atoms with Crippen molar-refractivity contribution in [3.63, 3.8) is 0 Å². The molecule has 21 heavy (non-hydrogen) atoms. The molecule has 0 bridgehead atoms. The van der Waals surface area contributed by atoms with Gasteiger partial charge in [0.2, 0.25) is 0 Å². The van der Waals surface area contributed by atoms with E-state index in [2.05, 4.69) is 15.3 Å². The smallest absolute Gasteiger partial charge is 0.316 e. The Bertz CT molecular complexity index is 572. The molecule has 0 saturated carbocycles. The Hall–Kier alpha value is -2.63. The lowest BCUT2D eigenvalue weighted by molar-refractivity contribution is -0.122. The van der Waals surface area contributed by atoms with Crippen LogP contribution in [0.2, 0.25) is 0 Å². The lowest BCUT2D eigenvalue weighted by atomic mass is 10.3. The minimum atomic E-state index is -0.626. The van der Waals surface area contributed by atoms with Crippen LogP contribution in [0.5, 0.6) is 11.8 Å². The van der Waals surface area contributed by atoms with Crippen molar-refractivity contribution in [2.45, 2.75) is 20.0 Å². The molecule has 0 aliphatic carbocycles. The quantitative estimate of drug-likeness (QED) is 0.882. The van der Waals surface area contributed by atoms with E-state index >= 15 is 0 Å². The zero-order valence-corrected chi connectivity index (χ0v) is 11.9. The summed E-state index contributed by atoms with van der Waals surface area (Å²) in [7, 11) is 0. The standard InChI is InChI=1S/C15H17N3O3/c1-3-20-15-16-9-12(10-17-15)18-14(19)11(2)21-13-7-5-4-6-8-13/h4-11H,3H2,1-2H3,(H,18,19). The number of nitrogens with one attached hydrogen (secondary N) is 1. The second-order valence-corrected chi connectivity index (χ2v) is 4.25. The highest BCUT2D eigenvalue weighted by Crippen LogP contribution is 2.12. The predicted octanol–water partition coefficient (Wildman–Crippen LogP) is 2.28. The van der Waals surface area contributed by atoms with Gasteiger partial charge in [0.1, 0.15) is 5.75 Å². The molecule has 1 aromatic carbocycles. The molecule has 1 aromatic heterocycles. The van der Waals surface area contributed by atoms with Crippen LogP contribution in [0.15, 0.2) is 42.7 Å². The molecule has 0 aliphatic rings. The lowest BCUT2D eigenvalue weighted by Gasteiger charge is -2.14. The van der Waals surface area contributed by atoms with Gasteiger partial charge in [-0.3, -0.25) is 4.79 Å². The molecule has 0 fully saturated rings. The maximum atomic E-state index is 12.0. The largest absolute Gasteiger partial charge is 0.481 e. The first kappa shape index (κ1) is 14.8. The molecule has 0 spiro atoms. The fourth-order valence-corrected chi connectivity index (χ4v) is 1.58. The molecule has 1 heterocycles. The molecule has 0 aliphatic heterocycles. The third-order valence-electron chi connectivity index (χ3n) is 2.59. The Labute approximate surface area is 123 Å². The third kappa shape index (κ3) is 4.45. The van der Waals surface area contributed by atoms with Crippen molar-refractivity contribution in [1.82, 2.24) is 9.97 Å². The Morgan fingerprint density at radius 3 is 2.52 bits per heavy atom. The van der Waals surface area contributed by atoms with Crippen molar-refractivity contribution in [2.24, 2.45) is 0 Å². The third-order valence-corrected chi connectivity index (χ3v) is 2.59. The van der Waals surface area contributed by atoms with E-state index in [1.165, 1.54) is 12.4 Å². The predicted molar refractivity (Wildman–Crippen MR) is 78.4 cm³/mol. The average Bonchev–Trinajstić information content (AvgIpc) is 2.50. The van der Waals surface area contributed by atoms with E-state index in [1.807, 2.05) is 25.1 Å². The summed E-state index contributed by atoms with van der Waals surface area (Å²) in [6.45, 7) is 4.02. The molecule has 2 rings (SSSR count). The van der Waals surface area contributed by atoms with Gasteiger partial charge in [0.25, 0.3) is 5.91 Å². The molecule has 1 N–H and O–H groups in total. The zero-order valence-electron chi connectivity index (χ0n) is 11.9. The van der Waals surface area contributed by atoms with Gasteiger partial charge in [-0.25, -0.2) is 9.97 Å². The van der Waals surface area contributed by atoms with E-state index in [9.17, 15) is 4.79 Å². The molecule has 110 valence electrons. The first-order valence-corrected chi connectivity index (χ1v) is 6.66. The number of nitrogens with zero attached hydrogens (tertiary/aromatic N) is 2. The Morgan fingerprint density at radius 1 is 1.24 bits per heavy atom. The molecule has 6 heteroatoms. The molecular weight excluding hydrogens is 270 g/mol. The molecule has 1 unspecified atom stereocenters. The fraction of sp³-hybridized carbons (Fsp3) is 0.267. The lowest BCUT2D eigenvalue weighted by Crippen LogP contribution is -2.30. The highest BCUT2D eigenvalue weighted by molar-refractivity contribution is 5.93. The number of benzene rings is 1. The minimum Gasteiger partial charge on any atom is -0.481 e. The number of aromatic nitrogens is 2. The van der Waals surface area contributed by atoms with E-state index in [0.717, 1.165) is 0 Å². The highest BCUT2D eigenvalue weighted by atomic mass is 16.5. The number of amides is 1. The van der Waals surface area contributed by atoms with Gasteiger partial charge in [0, 0.05) is 0 Å². The van der Waals surface area contributed by atoms with Crippen molar-refractivity contribution >= 4 is 11.6 Å². The number of rotatable bonds is 6. The zero-order chi connectivity index (χ0) is 15.1. The molecule has 0 saturated heterocycles. The van der Waals surface area contributed by atoms with Crippen molar-refractivity contribution in [3.8, 4) is 11.8 Å². The topological polar surface area (TPSA) is 73.3 Å². The Balaban J connectivity index is 1.91. The van der Waals surface area contributed by atoms with Crippen LogP contribution in [0.25, 0.3) is 0 Å². The van der Waals surface area contributed by atoms with E-state index in [-0.39, 0.29) is 11.9 Å². The maximum Gasteiger partial charge on any atom is 0.316 e. The van der Waals surface area contributed by atoms with E-state index in [0.29, 0.717) is 18.0 Å². The van der Waals surface area contributed by atoms with Crippen LogP contribution in [0.1, 0.15) is 13.8 Å². The summed E-state index contributed by atoms with van der Waals surface area (Å²) in [6.07, 6.45) is 2.36. The number of para-hydroxylation sites is 1. The summed E-state index contributed by atoms with van der Waals surface area (Å²) < 4.78 is 10.7. The Morgan fingerprint density at radius 2 is 1.90 bits per heavy atom. The van der Waals surface area contributed by atoms with Crippen LogP contribution < -0.4 is 14.8 Å². The van der Waals surface area contributed by atoms with Gasteiger partial charge in [0.05, 0.1) is 24.7 Å². The summed E-state index contributed by atoms with van der Waals surface area (Å²) >= 11 is 0. The van der Waals surface area contributed by atoms with Gasteiger partial charge in [-0.2, -0.15) is 0 Å². The maximum absolute atomic E-state index is 12.0. The molecular formula is C15H17N3O3. The van der Waals surface area contributed by atoms with Crippen LogP contribution in [0.4, 0.5) is 5.69 Å². The number of anilines is 1. The van der Waals surface area contributed by atoms with Gasteiger partial charge in [-0.1, -0.05) is 18.2 Å². The van der Waals surface area contributed by atoms with Gasteiger partial charge in [-0.05, 0) is 26.0 Å². The van der Waals surface area contributed by atoms with Crippen molar-refractivity contribution in [3.05, 3.63) is 42.7 Å². The van der Waals surface area contributed by atoms with Crippen LogP contribution in [0.3, 0.4) is 0 Å². The SMILES string of the molecule is CCOc1ncc(NC(=O)C(C)Oc2ccccc2)cn1. The van der Waals surface area contributed by atoms with Crippen LogP contribution >= 0.6 is 0 Å². The number of ether oxygens (including phenoxy) is 2. The van der Waals surface area contributed by atoms with E-state index < -0.39 is 6.10 Å². The summed E-state index contributed by atoms with van der Waals surface area (Å²) in [5, 5.41) is 2.69. The second kappa shape index (κ2) is 7.23. The summed E-state index contributed by atoms with van der Waals surface area (Å²) in [4.78, 5) is 20.0. The number of hydrogen-bond donors (Lipinski definition) is 1. The highest BCUT2D eigenvalue weighted by Gasteiger charge is 2.15. The minimum absolute atomic E-state index is 0.272. The first-order chi connectivity index (χ1) is 10.2. The van der Waals surface area contributed by atoms with Gasteiger partial charge < -0.3 is 14.8 Å². The molecule has 0 radical (unpaired) electrons. The second-order valence-electron chi connectivity index (χ2n) is 4.25. The molecule has 1 atom stereocenters. The number of hydrogen-bond acceptors (Lipinski definition) is 5. The normalized spacial score (nSPS) is 11.5.